The van der Waals surface area contributed by atoms with Crippen LogP contribution in [0, 0.1) is 11.8 Å². The number of aliphatic hydroxyl groups is 2. The fraction of sp³-hybridized carbons (Fsp3) is 0.250. The molecule has 1 radical (unpaired) electrons. The summed E-state index contributed by atoms with van der Waals surface area (Å²) in [5, 5.41) is 19.6. The number of carbonyl (C=O) groups excluding carboxylic acids is 1. The molecule has 0 bridgehead atoms. The third kappa shape index (κ3) is 5.62. The van der Waals surface area contributed by atoms with Gasteiger partial charge in [-0.25, -0.2) is 9.78 Å². The maximum atomic E-state index is 11.1. The Morgan fingerprint density at radius 1 is 1.21 bits per heavy atom. The molecule has 1 aliphatic rings. The van der Waals surface area contributed by atoms with E-state index >= 15 is 0 Å². The van der Waals surface area contributed by atoms with E-state index in [1.54, 1.807) is 23.9 Å². The van der Waals surface area contributed by atoms with Crippen molar-refractivity contribution in [3.63, 3.8) is 0 Å². The van der Waals surface area contributed by atoms with Gasteiger partial charge >= 0.3 is 6.09 Å². The van der Waals surface area contributed by atoms with Crippen LogP contribution in [-0.4, -0.2) is 53.9 Å². The fourth-order valence-electron chi connectivity index (χ4n) is 3.39. The number of amides is 1. The number of ether oxygens (including phenoxy) is 2. The zero-order chi connectivity index (χ0) is 23.2. The molecular weight excluding hydrogens is 438 g/mol. The normalized spacial score (nSPS) is 15.2. The number of imidazole rings is 1. The van der Waals surface area contributed by atoms with Crippen LogP contribution >= 0.6 is 0 Å². The second-order valence-electron chi connectivity index (χ2n) is 7.53. The van der Waals surface area contributed by atoms with Gasteiger partial charge in [-0.15, -0.1) is 0 Å². The van der Waals surface area contributed by atoms with Crippen molar-refractivity contribution in [2.75, 3.05) is 19.1 Å². The summed E-state index contributed by atoms with van der Waals surface area (Å²) < 4.78 is 12.3. The first kappa shape index (κ1) is 22.6. The Morgan fingerprint density at radius 2 is 1.91 bits per heavy atom. The molecule has 1 aliphatic heterocycles. The minimum absolute atomic E-state index is 0.183. The van der Waals surface area contributed by atoms with Gasteiger partial charge in [-0.05, 0) is 42.3 Å². The Kier molecular flexibility index (Phi) is 7.09. The SMILES string of the molecule is C[C@H](O)c1nccn1[C@@H](C#Cc1ccc(-c2ccc(OC[Si]3COC(=O)N3)cc2)cc1)CO. The molecule has 0 aliphatic carbocycles. The van der Waals surface area contributed by atoms with Crippen molar-refractivity contribution in [3.05, 3.63) is 72.3 Å². The minimum Gasteiger partial charge on any atom is -0.495 e. The van der Waals surface area contributed by atoms with Gasteiger partial charge in [-0.3, -0.25) is 0 Å². The quantitative estimate of drug-likeness (QED) is 0.368. The summed E-state index contributed by atoms with van der Waals surface area (Å²) in [4.78, 5) is 18.0. The van der Waals surface area contributed by atoms with E-state index < -0.39 is 21.1 Å². The van der Waals surface area contributed by atoms with Crippen molar-refractivity contribution in [1.82, 2.24) is 14.5 Å². The minimum atomic E-state index is -1.15. The highest BCUT2D eigenvalue weighted by atomic mass is 28.3. The molecule has 0 unspecified atom stereocenters. The second kappa shape index (κ2) is 10.4. The molecule has 9 heteroatoms. The van der Waals surface area contributed by atoms with E-state index in [1.165, 1.54) is 0 Å². The molecule has 169 valence electrons. The number of carbonyl (C=O) groups is 1. The van der Waals surface area contributed by atoms with Crippen LogP contribution in [0.4, 0.5) is 4.79 Å². The number of rotatable bonds is 7. The molecule has 1 amide bonds. The van der Waals surface area contributed by atoms with Crippen molar-refractivity contribution in [3.8, 4) is 28.7 Å². The lowest BCUT2D eigenvalue weighted by Gasteiger charge is -2.14. The van der Waals surface area contributed by atoms with E-state index in [0.29, 0.717) is 18.3 Å². The summed E-state index contributed by atoms with van der Waals surface area (Å²) in [6, 6.07) is 15.1. The number of aromatic nitrogens is 2. The lowest BCUT2D eigenvalue weighted by Crippen LogP contribution is -2.37. The second-order valence-corrected chi connectivity index (χ2v) is 9.57. The van der Waals surface area contributed by atoms with Crippen molar-refractivity contribution in [2.24, 2.45) is 0 Å². The van der Waals surface area contributed by atoms with E-state index in [1.807, 2.05) is 48.5 Å². The lowest BCUT2D eigenvalue weighted by molar-refractivity contribution is 0.176. The molecule has 2 atom stereocenters. The molecule has 3 aromatic rings. The summed E-state index contributed by atoms with van der Waals surface area (Å²) in [7, 11) is -1.15. The van der Waals surface area contributed by atoms with E-state index in [0.717, 1.165) is 22.4 Å². The molecule has 3 N–H and O–H groups in total. The number of hydrogen-bond acceptors (Lipinski definition) is 6. The smallest absolute Gasteiger partial charge is 0.398 e. The van der Waals surface area contributed by atoms with Gasteiger partial charge in [0, 0.05) is 18.0 Å². The molecular formula is C24H24N3O5Si. The topological polar surface area (TPSA) is 106 Å². The Labute approximate surface area is 193 Å². The Balaban J connectivity index is 1.39. The zero-order valence-electron chi connectivity index (χ0n) is 18.1. The number of nitrogens with one attached hydrogen (secondary N) is 1. The predicted octanol–water partition coefficient (Wildman–Crippen LogP) is 2.38. The Hall–Kier alpha value is -3.58. The van der Waals surface area contributed by atoms with Crippen LogP contribution in [0.1, 0.15) is 30.5 Å². The van der Waals surface area contributed by atoms with Gasteiger partial charge in [-0.2, -0.15) is 0 Å². The molecule has 8 nitrogen and oxygen atoms in total. The number of hydrogen-bond donors (Lipinski definition) is 3. The van der Waals surface area contributed by atoms with Crippen LogP contribution in [0.3, 0.4) is 0 Å². The molecule has 2 aromatic carbocycles. The maximum Gasteiger partial charge on any atom is 0.398 e. The predicted molar refractivity (Wildman–Crippen MR) is 123 cm³/mol. The third-order valence-electron chi connectivity index (χ3n) is 5.11. The van der Waals surface area contributed by atoms with E-state index in [2.05, 4.69) is 21.8 Å². The molecule has 4 rings (SSSR count). The summed E-state index contributed by atoms with van der Waals surface area (Å²) >= 11 is 0. The van der Waals surface area contributed by atoms with Crippen LogP contribution in [0.2, 0.25) is 0 Å². The summed E-state index contributed by atoms with van der Waals surface area (Å²) in [5.74, 6) is 7.35. The fourth-order valence-corrected chi connectivity index (χ4v) is 4.62. The molecule has 33 heavy (non-hydrogen) atoms. The lowest BCUT2D eigenvalue weighted by atomic mass is 10.0. The van der Waals surface area contributed by atoms with Crippen molar-refractivity contribution < 1.29 is 24.5 Å². The molecule has 2 heterocycles. The summed E-state index contributed by atoms with van der Waals surface area (Å²) in [6.45, 7) is 1.45. The molecule has 0 spiro atoms. The summed E-state index contributed by atoms with van der Waals surface area (Å²) in [6.07, 6.45) is 3.04. The standard InChI is InChI=1S/C24H24N3O5Si/c1-17(29)23-25-12-13-27(23)21(14-28)9-4-18-2-5-19(6-3-18)20-7-10-22(11-8-20)31-15-33-16-32-24(30)26-33/h2-3,5-8,10-13,17,21,28-29H,14-16H2,1H3,(H,26,30)/t17-,21-/m0/s1. The number of nitrogens with zero attached hydrogens (tertiary/aromatic N) is 2. The largest absolute Gasteiger partial charge is 0.495 e. The number of cyclic esters (lactones) is 1. The highest BCUT2D eigenvalue weighted by Gasteiger charge is 2.26. The zero-order valence-corrected chi connectivity index (χ0v) is 19.1. The van der Waals surface area contributed by atoms with E-state index in [9.17, 15) is 15.0 Å². The van der Waals surface area contributed by atoms with Crippen LogP contribution in [-0.2, 0) is 4.74 Å². The Bertz CT molecular complexity index is 1150. The molecule has 1 fully saturated rings. The van der Waals surface area contributed by atoms with E-state index in [4.69, 9.17) is 9.47 Å². The molecule has 0 saturated carbocycles. The highest BCUT2D eigenvalue weighted by molar-refractivity contribution is 6.60. The average molecular weight is 463 g/mol. The first-order valence-corrected chi connectivity index (χ1v) is 12.4. The summed E-state index contributed by atoms with van der Waals surface area (Å²) in [5.41, 5.74) is 2.90. The monoisotopic (exact) mass is 462 g/mol. The van der Waals surface area contributed by atoms with Gasteiger partial charge in [0.15, 0.2) is 0 Å². The molecule has 1 aromatic heterocycles. The Morgan fingerprint density at radius 3 is 2.52 bits per heavy atom. The van der Waals surface area contributed by atoms with Gasteiger partial charge in [0.05, 0.1) is 6.61 Å². The maximum absolute atomic E-state index is 11.1. The van der Waals surface area contributed by atoms with Gasteiger partial charge in [0.1, 0.15) is 36.2 Å². The van der Waals surface area contributed by atoms with Gasteiger partial charge in [0.2, 0.25) is 0 Å². The van der Waals surface area contributed by atoms with Crippen LogP contribution in [0.25, 0.3) is 11.1 Å². The van der Waals surface area contributed by atoms with Crippen LogP contribution in [0.5, 0.6) is 5.75 Å². The van der Waals surface area contributed by atoms with Gasteiger partial charge < -0.3 is 29.2 Å². The first-order chi connectivity index (χ1) is 16.0. The van der Waals surface area contributed by atoms with Crippen LogP contribution in [0.15, 0.2) is 60.9 Å². The van der Waals surface area contributed by atoms with E-state index in [-0.39, 0.29) is 12.7 Å². The average Bonchev–Trinajstić information content (AvgIpc) is 3.48. The van der Waals surface area contributed by atoms with Crippen molar-refractivity contribution in [1.29, 1.82) is 0 Å². The number of aliphatic hydroxyl groups excluding tert-OH is 2. The first-order valence-electron chi connectivity index (χ1n) is 10.5. The molecule has 1 saturated heterocycles. The number of benzene rings is 2. The highest BCUT2D eigenvalue weighted by Crippen LogP contribution is 2.23. The van der Waals surface area contributed by atoms with Gasteiger partial charge in [-0.1, -0.05) is 36.1 Å². The third-order valence-corrected chi connectivity index (χ3v) is 6.65. The van der Waals surface area contributed by atoms with Gasteiger partial charge in [0.25, 0.3) is 8.96 Å². The van der Waals surface area contributed by atoms with Crippen molar-refractivity contribution >= 4 is 15.1 Å². The van der Waals surface area contributed by atoms with Crippen LogP contribution < -0.4 is 9.72 Å². The van der Waals surface area contributed by atoms with Crippen molar-refractivity contribution in [2.45, 2.75) is 19.1 Å².